The molecule has 55 heavy (non-hydrogen) atoms. The fraction of sp³-hybridized carbons (Fsp3) is 0.429. The van der Waals surface area contributed by atoms with Crippen molar-refractivity contribution >= 4 is 46.8 Å². The summed E-state index contributed by atoms with van der Waals surface area (Å²) in [6.45, 7) is 5.67. The van der Waals surface area contributed by atoms with Gasteiger partial charge in [0.15, 0.2) is 0 Å². The average Bonchev–Trinajstić information content (AvgIpc) is 3.84. The number of rotatable bonds is 7. The molecule has 5 amide bonds. The number of carbonyl (C=O) groups excluding carboxylic acids is 5. The Morgan fingerprint density at radius 2 is 1.60 bits per heavy atom. The predicted molar refractivity (Wildman–Crippen MR) is 201 cm³/mol. The van der Waals surface area contributed by atoms with Crippen molar-refractivity contribution in [3.63, 3.8) is 0 Å². The number of imide groups is 2. The van der Waals surface area contributed by atoms with Crippen molar-refractivity contribution in [2.24, 2.45) is 11.3 Å². The molecule has 2 atom stereocenters. The zero-order chi connectivity index (χ0) is 38.0. The largest absolute Gasteiger partial charge is 0.490 e. The minimum atomic E-state index is -0.960. The minimum Gasteiger partial charge on any atom is -0.490 e. The van der Waals surface area contributed by atoms with Gasteiger partial charge in [-0.3, -0.25) is 39.1 Å². The molecule has 2 unspecified atom stereocenters. The van der Waals surface area contributed by atoms with E-state index >= 15 is 0 Å². The van der Waals surface area contributed by atoms with Gasteiger partial charge in [0.2, 0.25) is 11.8 Å². The molecule has 13 heteroatoms. The Hall–Kier alpha value is -5.25. The molecular formula is C42H41ClN6O6. The Labute approximate surface area is 323 Å². The molecule has 1 spiro atoms. The number of likely N-dealkylation sites (tertiary alicyclic amines) is 1. The first-order valence-corrected chi connectivity index (χ1v) is 19.5. The zero-order valence-corrected chi connectivity index (χ0v) is 31.1. The van der Waals surface area contributed by atoms with Gasteiger partial charge in [0, 0.05) is 75.0 Å². The van der Waals surface area contributed by atoms with Crippen LogP contribution in [0, 0.1) is 22.7 Å². The molecular weight excluding hydrogens is 720 g/mol. The van der Waals surface area contributed by atoms with Crippen molar-refractivity contribution < 1.29 is 28.7 Å². The van der Waals surface area contributed by atoms with E-state index < -0.39 is 23.8 Å². The van der Waals surface area contributed by atoms with Gasteiger partial charge in [0.05, 0.1) is 27.8 Å². The highest BCUT2D eigenvalue weighted by molar-refractivity contribution is 6.31. The number of fused-ring (bicyclic) bond motifs is 2. The van der Waals surface area contributed by atoms with Crippen LogP contribution in [0.5, 0.6) is 5.75 Å². The van der Waals surface area contributed by atoms with E-state index in [1.54, 1.807) is 18.2 Å². The molecule has 0 aromatic heterocycles. The lowest BCUT2D eigenvalue weighted by molar-refractivity contribution is -0.136. The van der Waals surface area contributed by atoms with E-state index in [0.717, 1.165) is 86.5 Å². The summed E-state index contributed by atoms with van der Waals surface area (Å²) in [7, 11) is 0. The molecule has 4 fully saturated rings. The molecule has 282 valence electrons. The number of carbonyl (C=O) groups is 5. The quantitative estimate of drug-likeness (QED) is 0.332. The maximum absolute atomic E-state index is 13.4. The first-order valence-electron chi connectivity index (χ1n) is 19.2. The van der Waals surface area contributed by atoms with E-state index in [4.69, 9.17) is 21.6 Å². The first kappa shape index (κ1) is 35.5. The molecule has 6 aliphatic rings. The highest BCUT2D eigenvalue weighted by Crippen LogP contribution is 2.47. The highest BCUT2D eigenvalue weighted by Gasteiger charge is 2.50. The van der Waals surface area contributed by atoms with Crippen molar-refractivity contribution in [3.8, 4) is 11.8 Å². The molecule has 3 aromatic carbocycles. The van der Waals surface area contributed by atoms with Crippen LogP contribution < -0.4 is 15.0 Å². The summed E-state index contributed by atoms with van der Waals surface area (Å²) in [5, 5.41) is 11.8. The van der Waals surface area contributed by atoms with Crippen LogP contribution in [-0.4, -0.2) is 89.1 Å². The van der Waals surface area contributed by atoms with E-state index in [2.05, 4.69) is 33.3 Å². The standard InChI is InChI=1S/C42H41ClN6O6/c43-35-17-31(6-3-27(35)19-44)55-32-9-12-42(18-32)23-48(24-42)39(52)26-1-4-30(5-2-26)47-13-10-25(11-14-47)20-46-21-28-15-33-34(16-29(28)22-46)41(54)49(40(33)53)36-7-8-37(50)45-38(36)51/h1-6,15-17,25,32,36H,7-14,18,20-24H2,(H,45,50,51). The van der Waals surface area contributed by atoms with E-state index in [1.807, 2.05) is 29.2 Å². The molecule has 0 radical (unpaired) electrons. The summed E-state index contributed by atoms with van der Waals surface area (Å²) < 4.78 is 6.19. The third-order valence-corrected chi connectivity index (χ3v) is 12.8. The van der Waals surface area contributed by atoms with Crippen LogP contribution in [0.1, 0.15) is 92.7 Å². The number of piperidine rings is 2. The number of hydrogen-bond donors (Lipinski definition) is 1. The van der Waals surface area contributed by atoms with Crippen LogP contribution in [0.3, 0.4) is 0 Å². The van der Waals surface area contributed by atoms with Crippen LogP contribution in [-0.2, 0) is 22.7 Å². The Bertz CT molecular complexity index is 2120. The van der Waals surface area contributed by atoms with Crippen LogP contribution >= 0.6 is 11.6 Å². The third kappa shape index (κ3) is 6.53. The smallest absolute Gasteiger partial charge is 0.262 e. The second-order valence-electron chi connectivity index (χ2n) is 16.2. The maximum Gasteiger partial charge on any atom is 0.262 e. The Kier molecular flexibility index (Phi) is 8.89. The van der Waals surface area contributed by atoms with E-state index in [-0.39, 0.29) is 36.2 Å². The topological polar surface area (TPSA) is 143 Å². The zero-order valence-electron chi connectivity index (χ0n) is 30.4. The van der Waals surface area contributed by atoms with E-state index in [9.17, 15) is 24.0 Å². The van der Waals surface area contributed by atoms with Crippen LogP contribution in [0.4, 0.5) is 5.69 Å². The number of anilines is 1. The Morgan fingerprint density at radius 1 is 0.909 bits per heavy atom. The molecule has 3 aromatic rings. The third-order valence-electron chi connectivity index (χ3n) is 12.5. The number of halogens is 1. The Morgan fingerprint density at radius 3 is 2.24 bits per heavy atom. The lowest BCUT2D eigenvalue weighted by atomic mass is 9.78. The maximum atomic E-state index is 13.4. The second kappa shape index (κ2) is 13.8. The molecule has 1 N–H and O–H groups in total. The molecule has 5 aliphatic heterocycles. The lowest BCUT2D eigenvalue weighted by Crippen LogP contribution is -2.57. The monoisotopic (exact) mass is 760 g/mol. The number of benzene rings is 3. The van der Waals surface area contributed by atoms with Crippen molar-refractivity contribution in [3.05, 3.63) is 93.0 Å². The molecule has 1 saturated carbocycles. The van der Waals surface area contributed by atoms with Crippen LogP contribution in [0.2, 0.25) is 5.02 Å². The van der Waals surface area contributed by atoms with Gasteiger partial charge in [-0.15, -0.1) is 0 Å². The molecule has 9 rings (SSSR count). The molecule has 3 saturated heterocycles. The van der Waals surface area contributed by atoms with E-state index in [1.165, 1.54) is 0 Å². The summed E-state index contributed by atoms with van der Waals surface area (Å²) in [6.07, 6.45) is 5.23. The van der Waals surface area contributed by atoms with E-state index in [0.29, 0.717) is 52.0 Å². The van der Waals surface area contributed by atoms with Gasteiger partial charge in [-0.05, 0) is 104 Å². The fourth-order valence-electron chi connectivity index (χ4n) is 9.61. The van der Waals surface area contributed by atoms with Crippen molar-refractivity contribution in [1.29, 1.82) is 5.26 Å². The fourth-order valence-corrected chi connectivity index (χ4v) is 9.82. The van der Waals surface area contributed by atoms with Crippen LogP contribution in [0.25, 0.3) is 0 Å². The summed E-state index contributed by atoms with van der Waals surface area (Å²) in [5.74, 6) is -0.660. The van der Waals surface area contributed by atoms with Gasteiger partial charge in [-0.2, -0.15) is 5.26 Å². The van der Waals surface area contributed by atoms with Gasteiger partial charge in [-0.25, -0.2) is 0 Å². The lowest BCUT2D eigenvalue weighted by Gasteiger charge is -2.48. The normalized spacial score (nSPS) is 23.5. The summed E-state index contributed by atoms with van der Waals surface area (Å²) in [4.78, 5) is 71.7. The van der Waals surface area contributed by atoms with Crippen molar-refractivity contribution in [1.82, 2.24) is 20.0 Å². The number of hydrogen-bond acceptors (Lipinski definition) is 9. The first-order chi connectivity index (χ1) is 26.6. The summed E-state index contributed by atoms with van der Waals surface area (Å²) in [6, 6.07) is 17.9. The minimum absolute atomic E-state index is 0.0661. The SMILES string of the molecule is N#Cc1ccc(OC2CCC3(C2)CN(C(=O)c2ccc(N4CCC(CN5Cc6cc7c(cc6C5)C(=O)N(C5CCC(=O)NC5=O)C7=O)CC4)cc2)C3)cc1Cl. The molecule has 0 bridgehead atoms. The average molecular weight is 761 g/mol. The highest BCUT2D eigenvalue weighted by atomic mass is 35.5. The van der Waals surface area contributed by atoms with Gasteiger partial charge >= 0.3 is 0 Å². The number of nitrogens with zero attached hydrogens (tertiary/aromatic N) is 5. The number of ether oxygens (including phenoxy) is 1. The van der Waals surface area contributed by atoms with Crippen molar-refractivity contribution in [2.75, 3.05) is 37.6 Å². The second-order valence-corrected chi connectivity index (χ2v) is 16.6. The van der Waals surface area contributed by atoms with Crippen LogP contribution in [0.15, 0.2) is 54.6 Å². The van der Waals surface area contributed by atoms with Gasteiger partial charge in [-0.1, -0.05) is 11.6 Å². The summed E-state index contributed by atoms with van der Waals surface area (Å²) in [5.41, 5.74) is 5.11. The molecule has 12 nitrogen and oxygen atoms in total. The van der Waals surface area contributed by atoms with Gasteiger partial charge < -0.3 is 14.5 Å². The summed E-state index contributed by atoms with van der Waals surface area (Å²) >= 11 is 6.19. The predicted octanol–water partition coefficient (Wildman–Crippen LogP) is 4.92. The van der Waals surface area contributed by atoms with Crippen molar-refractivity contribution in [2.45, 2.75) is 70.2 Å². The molecule has 5 heterocycles. The number of amides is 5. The Balaban J connectivity index is 0.734. The number of nitriles is 1. The molecule has 1 aliphatic carbocycles. The number of nitrogens with one attached hydrogen (secondary N) is 1. The van der Waals surface area contributed by atoms with Gasteiger partial charge in [0.25, 0.3) is 17.7 Å². The van der Waals surface area contributed by atoms with Gasteiger partial charge in [0.1, 0.15) is 17.9 Å².